The highest BCUT2D eigenvalue weighted by Gasteiger charge is 2.21. The van der Waals surface area contributed by atoms with E-state index in [-0.39, 0.29) is 17.1 Å². The average molecular weight is 309 g/mol. The number of hydrogen-bond acceptors (Lipinski definition) is 6. The molecule has 0 aliphatic rings. The van der Waals surface area contributed by atoms with Gasteiger partial charge in [-0.3, -0.25) is 4.79 Å². The van der Waals surface area contributed by atoms with Crippen LogP contribution in [0.15, 0.2) is 17.0 Å². The van der Waals surface area contributed by atoms with E-state index in [9.17, 15) is 13.2 Å². The third kappa shape index (κ3) is 3.74. The molecule has 0 spiro atoms. The topological polar surface area (TPSA) is 78.9 Å². The molecule has 0 aliphatic carbocycles. The minimum absolute atomic E-state index is 0.0421. The molecule has 0 heterocycles. The molecule has 106 valence electrons. The van der Waals surface area contributed by atoms with E-state index in [1.165, 1.54) is 33.5 Å². The molecule has 1 rings (SSSR count). The van der Waals surface area contributed by atoms with Crippen LogP contribution in [-0.2, 0) is 25.0 Å². The Balaban J connectivity index is 3.42. The van der Waals surface area contributed by atoms with Crippen molar-refractivity contribution in [2.45, 2.75) is 11.3 Å². The number of esters is 1. The summed E-state index contributed by atoms with van der Waals surface area (Å²) in [4.78, 5) is 11.0. The highest BCUT2D eigenvalue weighted by atomic mass is 35.7. The van der Waals surface area contributed by atoms with Gasteiger partial charge in [0.05, 0.1) is 27.8 Å². The normalized spacial score (nSPS) is 10.9. The van der Waals surface area contributed by atoms with Gasteiger partial charge in [-0.2, -0.15) is 0 Å². The largest absolute Gasteiger partial charge is 0.496 e. The fraction of sp³-hybridized carbons (Fsp3) is 0.364. The molecule has 0 unspecified atom stereocenters. The molecule has 1 aromatic rings. The van der Waals surface area contributed by atoms with Crippen LogP contribution in [0.5, 0.6) is 11.5 Å². The van der Waals surface area contributed by atoms with Crippen molar-refractivity contribution in [1.29, 1.82) is 0 Å². The van der Waals surface area contributed by atoms with Crippen LogP contribution in [0.4, 0.5) is 0 Å². The Labute approximate surface area is 115 Å². The molecule has 0 aromatic heterocycles. The van der Waals surface area contributed by atoms with Gasteiger partial charge in [-0.1, -0.05) is 0 Å². The van der Waals surface area contributed by atoms with E-state index in [4.69, 9.17) is 20.2 Å². The summed E-state index contributed by atoms with van der Waals surface area (Å²) in [6.45, 7) is 0. The van der Waals surface area contributed by atoms with Crippen molar-refractivity contribution in [2.24, 2.45) is 0 Å². The smallest absolute Gasteiger partial charge is 0.310 e. The quantitative estimate of drug-likeness (QED) is 0.603. The van der Waals surface area contributed by atoms with Gasteiger partial charge in [-0.05, 0) is 6.07 Å². The van der Waals surface area contributed by atoms with Crippen LogP contribution >= 0.6 is 10.7 Å². The van der Waals surface area contributed by atoms with E-state index >= 15 is 0 Å². The lowest BCUT2D eigenvalue weighted by atomic mass is 10.1. The van der Waals surface area contributed by atoms with Gasteiger partial charge in [-0.25, -0.2) is 8.42 Å². The Morgan fingerprint density at radius 3 is 2.16 bits per heavy atom. The molecule has 0 atom stereocenters. The van der Waals surface area contributed by atoms with Gasteiger partial charge < -0.3 is 14.2 Å². The number of methoxy groups -OCH3 is 3. The van der Waals surface area contributed by atoms with Crippen molar-refractivity contribution in [1.82, 2.24) is 0 Å². The second-order valence-electron chi connectivity index (χ2n) is 3.51. The summed E-state index contributed by atoms with van der Waals surface area (Å²) in [5.74, 6) is -0.173. The van der Waals surface area contributed by atoms with E-state index in [1.54, 1.807) is 0 Å². The van der Waals surface area contributed by atoms with Crippen LogP contribution in [-0.4, -0.2) is 35.7 Å². The molecule has 0 saturated heterocycles. The zero-order valence-corrected chi connectivity index (χ0v) is 12.2. The summed E-state index contributed by atoms with van der Waals surface area (Å²) < 4.78 is 37.4. The van der Waals surface area contributed by atoms with E-state index in [2.05, 4.69) is 4.74 Å². The third-order valence-electron chi connectivity index (χ3n) is 2.39. The molecular weight excluding hydrogens is 296 g/mol. The van der Waals surface area contributed by atoms with Crippen LogP contribution < -0.4 is 9.47 Å². The van der Waals surface area contributed by atoms with Gasteiger partial charge in [0.15, 0.2) is 0 Å². The maximum absolute atomic E-state index is 11.4. The van der Waals surface area contributed by atoms with E-state index in [1.807, 2.05) is 0 Å². The van der Waals surface area contributed by atoms with Gasteiger partial charge in [-0.15, -0.1) is 0 Å². The summed E-state index contributed by atoms with van der Waals surface area (Å²) in [6, 6.07) is 2.59. The fourth-order valence-corrected chi connectivity index (χ4v) is 2.52. The summed E-state index contributed by atoms with van der Waals surface area (Å²) in [5.41, 5.74) is 0.342. The SMILES string of the molecule is COC(=O)Cc1cc(S(=O)(=O)Cl)c(OC)cc1OC. The van der Waals surface area contributed by atoms with Gasteiger partial charge in [0.25, 0.3) is 9.05 Å². The molecule has 0 saturated carbocycles. The Bertz CT molecular complexity index is 581. The molecular formula is C11H13ClO6S. The van der Waals surface area contributed by atoms with E-state index < -0.39 is 15.0 Å². The minimum atomic E-state index is -4.00. The Kier molecular flexibility index (Phi) is 5.02. The van der Waals surface area contributed by atoms with Gasteiger partial charge >= 0.3 is 5.97 Å². The molecule has 6 nitrogen and oxygen atoms in total. The van der Waals surface area contributed by atoms with Crippen LogP contribution in [0.1, 0.15) is 5.56 Å². The second-order valence-corrected chi connectivity index (χ2v) is 6.04. The van der Waals surface area contributed by atoms with Crippen molar-refractivity contribution < 1.29 is 27.4 Å². The molecule has 0 N–H and O–H groups in total. The van der Waals surface area contributed by atoms with E-state index in [0.29, 0.717) is 11.3 Å². The summed E-state index contributed by atoms with van der Waals surface area (Å²) in [5, 5.41) is 0. The monoisotopic (exact) mass is 308 g/mol. The predicted molar refractivity (Wildman–Crippen MR) is 68.3 cm³/mol. The maximum atomic E-state index is 11.4. The molecule has 19 heavy (non-hydrogen) atoms. The number of carbonyl (C=O) groups is 1. The van der Waals surface area contributed by atoms with E-state index in [0.717, 1.165) is 0 Å². The van der Waals surface area contributed by atoms with Gasteiger partial charge in [0.1, 0.15) is 16.4 Å². The second kappa shape index (κ2) is 6.12. The third-order valence-corrected chi connectivity index (χ3v) is 3.73. The lowest BCUT2D eigenvalue weighted by molar-refractivity contribution is -0.139. The Morgan fingerprint density at radius 1 is 1.16 bits per heavy atom. The van der Waals surface area contributed by atoms with Gasteiger partial charge in [0.2, 0.25) is 0 Å². The molecule has 0 radical (unpaired) electrons. The van der Waals surface area contributed by atoms with Crippen molar-refractivity contribution in [2.75, 3.05) is 21.3 Å². The van der Waals surface area contributed by atoms with Crippen LogP contribution in [0, 0.1) is 0 Å². The lowest BCUT2D eigenvalue weighted by Crippen LogP contribution is -2.08. The number of hydrogen-bond donors (Lipinski definition) is 0. The zero-order valence-electron chi connectivity index (χ0n) is 10.6. The Morgan fingerprint density at radius 2 is 1.74 bits per heavy atom. The average Bonchev–Trinajstić information content (AvgIpc) is 2.36. The summed E-state index contributed by atoms with van der Waals surface area (Å²) >= 11 is 0. The first-order chi connectivity index (χ1) is 8.83. The first-order valence-corrected chi connectivity index (χ1v) is 7.40. The molecule has 0 fully saturated rings. The number of ether oxygens (including phenoxy) is 3. The van der Waals surface area contributed by atoms with Gasteiger partial charge in [0, 0.05) is 22.3 Å². The summed E-state index contributed by atoms with van der Waals surface area (Å²) in [6.07, 6.45) is -0.136. The predicted octanol–water partition coefficient (Wildman–Crippen LogP) is 1.35. The zero-order chi connectivity index (χ0) is 14.6. The number of halogens is 1. The first kappa shape index (κ1) is 15.6. The standard InChI is InChI=1S/C11H13ClO6S/c1-16-8-6-9(17-2)10(19(12,14)15)4-7(8)5-11(13)18-3/h4,6H,5H2,1-3H3. The van der Waals surface area contributed by atoms with Crippen molar-refractivity contribution in [3.63, 3.8) is 0 Å². The molecule has 0 bridgehead atoms. The number of rotatable bonds is 5. The van der Waals surface area contributed by atoms with Crippen molar-refractivity contribution >= 4 is 25.7 Å². The lowest BCUT2D eigenvalue weighted by Gasteiger charge is -2.12. The number of benzene rings is 1. The molecule has 0 aliphatic heterocycles. The van der Waals surface area contributed by atoms with Crippen molar-refractivity contribution in [3.05, 3.63) is 17.7 Å². The maximum Gasteiger partial charge on any atom is 0.310 e. The van der Waals surface area contributed by atoms with Crippen LogP contribution in [0.2, 0.25) is 0 Å². The molecule has 8 heteroatoms. The van der Waals surface area contributed by atoms with Crippen molar-refractivity contribution in [3.8, 4) is 11.5 Å². The minimum Gasteiger partial charge on any atom is -0.496 e. The summed E-state index contributed by atoms with van der Waals surface area (Å²) in [7, 11) is 5.25. The highest BCUT2D eigenvalue weighted by Crippen LogP contribution is 2.34. The molecule has 1 aromatic carbocycles. The Hall–Kier alpha value is -1.47. The molecule has 0 amide bonds. The van der Waals surface area contributed by atoms with Crippen LogP contribution in [0.3, 0.4) is 0 Å². The number of carbonyl (C=O) groups excluding carboxylic acids is 1. The fourth-order valence-electron chi connectivity index (χ4n) is 1.49. The first-order valence-electron chi connectivity index (χ1n) is 5.09. The highest BCUT2D eigenvalue weighted by molar-refractivity contribution is 8.13. The van der Waals surface area contributed by atoms with Crippen LogP contribution in [0.25, 0.3) is 0 Å².